The van der Waals surface area contributed by atoms with Crippen molar-refractivity contribution in [1.82, 2.24) is 0 Å². The molecule has 0 amide bonds. The van der Waals surface area contributed by atoms with Gasteiger partial charge in [0.05, 0.1) is 12.6 Å². The molecule has 84 valence electrons. The van der Waals surface area contributed by atoms with Gasteiger partial charge in [-0.15, -0.1) is 0 Å². The number of rotatable bonds is 0. The Hall–Kier alpha value is -1.09. The number of quaternary nitrogens is 1. The maximum atomic E-state index is 11.5. The average molecular weight is 218 g/mol. The predicted molar refractivity (Wildman–Crippen MR) is 57.9 cm³/mol. The molecule has 1 unspecified atom stereocenters. The van der Waals surface area contributed by atoms with Gasteiger partial charge in [0.15, 0.2) is 0 Å². The number of ether oxygens (including phenoxy) is 1. The maximum absolute atomic E-state index is 11.5. The van der Waals surface area contributed by atoms with Crippen molar-refractivity contribution < 1.29 is 14.4 Å². The molecule has 0 aromatic carbocycles. The minimum atomic E-state index is -0.241. The topological polar surface area (TPSA) is 30.7 Å². The normalized spacial score (nSPS) is 48.4. The van der Waals surface area contributed by atoms with Gasteiger partial charge < -0.3 is 9.64 Å². The molecular formula is C13H16NO2+. The van der Waals surface area contributed by atoms with E-state index >= 15 is 0 Å². The average Bonchev–Trinajstić information content (AvgIpc) is 2.80. The van der Waals surface area contributed by atoms with E-state index in [0.717, 1.165) is 18.4 Å². The lowest BCUT2D eigenvalue weighted by Gasteiger charge is -2.45. The molecule has 4 rings (SSSR count). The highest BCUT2D eigenvalue weighted by molar-refractivity contribution is 5.88. The number of esters is 1. The summed E-state index contributed by atoms with van der Waals surface area (Å²) in [5.74, 6) is -0.137. The molecule has 3 aliphatic heterocycles. The summed E-state index contributed by atoms with van der Waals surface area (Å²) in [6.07, 6.45) is 10.8. The third-order valence-corrected chi connectivity index (χ3v) is 4.75. The Morgan fingerprint density at radius 1 is 1.44 bits per heavy atom. The Morgan fingerprint density at radius 3 is 3.31 bits per heavy atom. The number of nitrogens with one attached hydrogen (secondary N) is 1. The first kappa shape index (κ1) is 8.99. The summed E-state index contributed by atoms with van der Waals surface area (Å²) in [6, 6.07) is 1.28. The minimum absolute atomic E-state index is 0.137. The molecule has 0 saturated carbocycles. The van der Waals surface area contributed by atoms with Gasteiger partial charge in [-0.3, -0.25) is 0 Å². The second-order valence-electron chi connectivity index (χ2n) is 5.55. The molecule has 2 saturated heterocycles. The van der Waals surface area contributed by atoms with Gasteiger partial charge >= 0.3 is 5.97 Å². The standard InChI is InChI=1S/C13H15NO2/c15-12-6-9-3-4-11-8-13(9,16-12)7-10-2-1-5-14(10)11/h3-4,6,10-11H,1-2,5,7-8H2/p+1/t10-,11-,13+/m1/s1. The van der Waals surface area contributed by atoms with Crippen LogP contribution >= 0.6 is 0 Å². The number of carbonyl (C=O) groups excluding carboxylic acids is 1. The fourth-order valence-electron chi connectivity index (χ4n) is 4.10. The highest BCUT2D eigenvalue weighted by Gasteiger charge is 2.56. The van der Waals surface area contributed by atoms with E-state index in [0.29, 0.717) is 12.1 Å². The molecule has 1 aliphatic carbocycles. The van der Waals surface area contributed by atoms with Crippen molar-refractivity contribution in [3.63, 3.8) is 0 Å². The van der Waals surface area contributed by atoms with E-state index in [-0.39, 0.29) is 11.6 Å². The second-order valence-corrected chi connectivity index (χ2v) is 5.55. The van der Waals surface area contributed by atoms with Crippen LogP contribution in [0.4, 0.5) is 0 Å². The van der Waals surface area contributed by atoms with Crippen molar-refractivity contribution in [3.05, 3.63) is 23.8 Å². The summed E-state index contributed by atoms with van der Waals surface area (Å²) in [7, 11) is 0. The van der Waals surface area contributed by atoms with E-state index < -0.39 is 0 Å². The number of hydrogen-bond donors (Lipinski definition) is 1. The third-order valence-electron chi connectivity index (χ3n) is 4.75. The summed E-state index contributed by atoms with van der Waals surface area (Å²) in [5.41, 5.74) is 0.884. The van der Waals surface area contributed by atoms with Crippen LogP contribution in [-0.2, 0) is 9.53 Å². The molecule has 1 N–H and O–H groups in total. The first-order valence-corrected chi connectivity index (χ1v) is 6.26. The molecule has 2 bridgehead atoms. The molecule has 2 fully saturated rings. The van der Waals surface area contributed by atoms with Crippen LogP contribution in [0.2, 0.25) is 0 Å². The first-order chi connectivity index (χ1) is 7.77. The lowest BCUT2D eigenvalue weighted by molar-refractivity contribution is -0.938. The molecule has 4 aliphatic rings. The number of hydrogen-bond acceptors (Lipinski definition) is 2. The lowest BCUT2D eigenvalue weighted by atomic mass is 9.74. The van der Waals surface area contributed by atoms with E-state index in [9.17, 15) is 4.79 Å². The van der Waals surface area contributed by atoms with Gasteiger partial charge in [0.1, 0.15) is 11.6 Å². The summed E-state index contributed by atoms with van der Waals surface area (Å²) >= 11 is 0. The van der Waals surface area contributed by atoms with E-state index in [1.165, 1.54) is 19.4 Å². The highest BCUT2D eigenvalue weighted by atomic mass is 16.6. The van der Waals surface area contributed by atoms with Gasteiger partial charge in [-0.25, -0.2) is 4.79 Å². The maximum Gasteiger partial charge on any atom is 0.332 e. The summed E-state index contributed by atoms with van der Waals surface area (Å²) < 4.78 is 5.64. The molecule has 0 aromatic rings. The summed E-state index contributed by atoms with van der Waals surface area (Å²) in [6.45, 7) is 1.29. The second kappa shape index (κ2) is 2.77. The van der Waals surface area contributed by atoms with Gasteiger partial charge in [0.25, 0.3) is 0 Å². The fraction of sp³-hybridized carbons (Fsp3) is 0.615. The smallest absolute Gasteiger partial charge is 0.332 e. The van der Waals surface area contributed by atoms with Crippen molar-refractivity contribution in [2.75, 3.05) is 6.54 Å². The number of carbonyl (C=O) groups is 1. The van der Waals surface area contributed by atoms with Crippen LogP contribution in [0.1, 0.15) is 25.7 Å². The molecule has 3 nitrogen and oxygen atoms in total. The Bertz CT molecular complexity index is 426. The molecule has 3 heterocycles. The van der Waals surface area contributed by atoms with E-state index in [1.807, 2.05) is 0 Å². The van der Waals surface area contributed by atoms with Crippen molar-refractivity contribution in [3.8, 4) is 0 Å². The number of piperidine rings is 1. The van der Waals surface area contributed by atoms with Gasteiger partial charge in [0, 0.05) is 37.3 Å². The minimum Gasteiger partial charge on any atom is -0.450 e. The quantitative estimate of drug-likeness (QED) is 0.580. The predicted octanol–water partition coefficient (Wildman–Crippen LogP) is -0.0121. The van der Waals surface area contributed by atoms with Crippen molar-refractivity contribution >= 4 is 5.97 Å². The largest absolute Gasteiger partial charge is 0.450 e. The zero-order valence-corrected chi connectivity index (χ0v) is 9.24. The van der Waals surface area contributed by atoms with Crippen LogP contribution < -0.4 is 4.90 Å². The molecule has 0 aromatic heterocycles. The molecule has 3 heteroatoms. The fourth-order valence-corrected chi connectivity index (χ4v) is 4.10. The zero-order valence-electron chi connectivity index (χ0n) is 9.24. The van der Waals surface area contributed by atoms with Crippen LogP contribution in [0.15, 0.2) is 23.8 Å². The monoisotopic (exact) mass is 218 g/mol. The third kappa shape index (κ3) is 0.995. The Kier molecular flexibility index (Phi) is 1.56. The Morgan fingerprint density at radius 2 is 2.38 bits per heavy atom. The van der Waals surface area contributed by atoms with Crippen LogP contribution in [0.5, 0.6) is 0 Å². The molecule has 0 radical (unpaired) electrons. The van der Waals surface area contributed by atoms with E-state index in [1.54, 1.807) is 11.0 Å². The van der Waals surface area contributed by atoms with Crippen LogP contribution in [0.25, 0.3) is 0 Å². The van der Waals surface area contributed by atoms with Crippen molar-refractivity contribution in [1.29, 1.82) is 0 Å². The van der Waals surface area contributed by atoms with Crippen LogP contribution in [-0.4, -0.2) is 30.2 Å². The van der Waals surface area contributed by atoms with Gasteiger partial charge in [0.2, 0.25) is 0 Å². The molecular weight excluding hydrogens is 202 g/mol. The van der Waals surface area contributed by atoms with Crippen molar-refractivity contribution in [2.24, 2.45) is 0 Å². The van der Waals surface area contributed by atoms with E-state index in [2.05, 4.69) is 12.2 Å². The molecule has 4 atom stereocenters. The number of fused-ring (bicyclic) bond motifs is 3. The Balaban J connectivity index is 1.79. The van der Waals surface area contributed by atoms with Crippen molar-refractivity contribution in [2.45, 2.75) is 43.4 Å². The lowest BCUT2D eigenvalue weighted by Crippen LogP contribution is -3.19. The highest BCUT2D eigenvalue weighted by Crippen LogP contribution is 2.42. The molecule has 16 heavy (non-hydrogen) atoms. The van der Waals surface area contributed by atoms with Gasteiger partial charge in [-0.2, -0.15) is 0 Å². The summed E-state index contributed by atoms with van der Waals surface area (Å²) in [5, 5.41) is 0. The zero-order chi connectivity index (χ0) is 10.8. The van der Waals surface area contributed by atoms with E-state index in [4.69, 9.17) is 4.74 Å². The van der Waals surface area contributed by atoms with Crippen LogP contribution in [0, 0.1) is 0 Å². The SMILES string of the molecule is O=C1C=C2C=C[C@@H]3C[C@]2(C[C@H]2CCC[NH+]23)O1. The first-order valence-electron chi connectivity index (χ1n) is 6.26. The molecule has 1 spiro atoms. The van der Waals surface area contributed by atoms with Gasteiger partial charge in [-0.05, 0) is 6.08 Å². The Labute approximate surface area is 94.8 Å². The summed E-state index contributed by atoms with van der Waals surface area (Å²) in [4.78, 5) is 13.2. The van der Waals surface area contributed by atoms with Gasteiger partial charge in [-0.1, -0.05) is 6.08 Å². The van der Waals surface area contributed by atoms with Crippen LogP contribution in [0.3, 0.4) is 0 Å².